The second kappa shape index (κ2) is 21.2. The van der Waals surface area contributed by atoms with Crippen molar-refractivity contribution in [3.8, 4) is 0 Å². The molecule has 54 heavy (non-hydrogen) atoms. The lowest BCUT2D eigenvalue weighted by Crippen LogP contribution is -2.58. The fourth-order valence-electron chi connectivity index (χ4n) is 4.94. The number of carbonyl (C=O) groups excluding carboxylic acids is 5. The molecule has 3 atom stereocenters. The molecular weight excluding hydrogens is 696 g/mol. The van der Waals surface area contributed by atoms with Crippen LogP contribution in [0.25, 0.3) is 0 Å². The average molecular weight is 749 g/mol. The SMILES string of the molecule is CC(C)(C)OC(=O)N[C@@H](C(=O)NC(COC(=O)OCc1ccccc1)C(C)(C)C)[C@H](CCCOC(=O)OCc1ccccc1)C(=O)OCc1ccccc1. The number of ether oxygens (including phenoxy) is 6. The van der Waals surface area contributed by atoms with Crippen LogP contribution >= 0.6 is 0 Å². The maximum absolute atomic E-state index is 14.2. The molecule has 3 rings (SSSR count). The summed E-state index contributed by atoms with van der Waals surface area (Å²) in [6.45, 7) is 9.94. The molecular formula is C41H52N2O11. The van der Waals surface area contributed by atoms with E-state index < -0.39 is 59.3 Å². The summed E-state index contributed by atoms with van der Waals surface area (Å²) in [4.78, 5) is 65.9. The first kappa shape index (κ1) is 42.8. The van der Waals surface area contributed by atoms with Crippen LogP contribution in [-0.2, 0) is 57.8 Å². The third-order valence-electron chi connectivity index (χ3n) is 7.89. The van der Waals surface area contributed by atoms with Crippen LogP contribution in [0.1, 0.15) is 71.1 Å². The number of alkyl carbamates (subject to hydrolysis) is 1. The van der Waals surface area contributed by atoms with Gasteiger partial charge in [0.15, 0.2) is 0 Å². The molecule has 0 heterocycles. The van der Waals surface area contributed by atoms with Crippen LogP contribution in [0.2, 0.25) is 0 Å². The molecule has 1 unspecified atom stereocenters. The Morgan fingerprint density at radius 3 is 1.52 bits per heavy atom. The highest BCUT2D eigenvalue weighted by atomic mass is 16.7. The third-order valence-corrected chi connectivity index (χ3v) is 7.89. The number of amides is 2. The minimum atomic E-state index is -1.51. The average Bonchev–Trinajstić information content (AvgIpc) is 3.13. The van der Waals surface area contributed by atoms with Crippen LogP contribution in [0.5, 0.6) is 0 Å². The highest BCUT2D eigenvalue weighted by molar-refractivity contribution is 5.91. The van der Waals surface area contributed by atoms with Crippen LogP contribution in [-0.4, -0.2) is 61.2 Å². The fraction of sp³-hybridized carbons (Fsp3) is 0.439. The van der Waals surface area contributed by atoms with E-state index >= 15 is 0 Å². The molecule has 0 fully saturated rings. The Bertz CT molecular complexity index is 1620. The van der Waals surface area contributed by atoms with E-state index in [1.807, 2.05) is 63.2 Å². The predicted molar refractivity (Wildman–Crippen MR) is 199 cm³/mol. The summed E-state index contributed by atoms with van der Waals surface area (Å²) < 4.78 is 32.1. The van der Waals surface area contributed by atoms with Crippen molar-refractivity contribution in [2.75, 3.05) is 13.2 Å². The molecule has 0 aliphatic heterocycles. The molecule has 292 valence electrons. The minimum Gasteiger partial charge on any atom is -0.461 e. The molecule has 0 aliphatic rings. The van der Waals surface area contributed by atoms with Crippen LogP contribution in [0.4, 0.5) is 14.4 Å². The van der Waals surface area contributed by atoms with Gasteiger partial charge >= 0.3 is 24.4 Å². The largest absolute Gasteiger partial charge is 0.508 e. The van der Waals surface area contributed by atoms with Crippen molar-refractivity contribution in [2.45, 2.75) is 91.9 Å². The van der Waals surface area contributed by atoms with E-state index in [4.69, 9.17) is 28.4 Å². The van der Waals surface area contributed by atoms with Crippen LogP contribution in [0.3, 0.4) is 0 Å². The van der Waals surface area contributed by atoms with Crippen LogP contribution < -0.4 is 10.6 Å². The summed E-state index contributed by atoms with van der Waals surface area (Å²) in [5.74, 6) is -2.80. The van der Waals surface area contributed by atoms with E-state index in [0.29, 0.717) is 5.56 Å². The molecule has 0 aromatic heterocycles. The Morgan fingerprint density at radius 2 is 1.06 bits per heavy atom. The number of hydrogen-bond donors (Lipinski definition) is 2. The molecule has 2 amide bonds. The van der Waals surface area contributed by atoms with Crippen LogP contribution in [0.15, 0.2) is 91.0 Å². The van der Waals surface area contributed by atoms with Gasteiger partial charge < -0.3 is 39.1 Å². The van der Waals surface area contributed by atoms with E-state index in [2.05, 4.69) is 10.6 Å². The highest BCUT2D eigenvalue weighted by Crippen LogP contribution is 2.23. The predicted octanol–water partition coefficient (Wildman–Crippen LogP) is 7.26. The van der Waals surface area contributed by atoms with Crippen molar-refractivity contribution in [1.29, 1.82) is 0 Å². The van der Waals surface area contributed by atoms with Gasteiger partial charge in [-0.05, 0) is 55.7 Å². The Balaban J connectivity index is 1.77. The van der Waals surface area contributed by atoms with E-state index in [0.717, 1.165) is 11.1 Å². The lowest BCUT2D eigenvalue weighted by molar-refractivity contribution is -0.153. The van der Waals surface area contributed by atoms with Crippen LogP contribution in [0, 0.1) is 11.3 Å². The lowest BCUT2D eigenvalue weighted by Gasteiger charge is -2.34. The molecule has 0 bridgehead atoms. The first-order valence-corrected chi connectivity index (χ1v) is 17.8. The topological polar surface area (TPSA) is 165 Å². The summed E-state index contributed by atoms with van der Waals surface area (Å²) in [7, 11) is 0. The number of rotatable bonds is 17. The van der Waals surface area contributed by atoms with Crippen molar-refractivity contribution in [2.24, 2.45) is 11.3 Å². The van der Waals surface area contributed by atoms with E-state index in [1.54, 1.807) is 69.3 Å². The second-order valence-corrected chi connectivity index (χ2v) is 14.6. The number of nitrogens with one attached hydrogen (secondary N) is 2. The van der Waals surface area contributed by atoms with E-state index in [-0.39, 0.29) is 45.9 Å². The zero-order valence-electron chi connectivity index (χ0n) is 31.8. The van der Waals surface area contributed by atoms with Crippen molar-refractivity contribution in [3.63, 3.8) is 0 Å². The normalized spacial score (nSPS) is 12.9. The second-order valence-electron chi connectivity index (χ2n) is 14.6. The molecule has 0 aliphatic carbocycles. The minimum absolute atomic E-state index is 0.00463. The zero-order chi connectivity index (χ0) is 39.6. The number of benzene rings is 3. The van der Waals surface area contributed by atoms with Gasteiger partial charge in [-0.1, -0.05) is 112 Å². The quantitative estimate of drug-likeness (QED) is 0.0811. The summed E-state index contributed by atoms with van der Waals surface area (Å²) in [5.41, 5.74) is 0.666. The van der Waals surface area contributed by atoms with Crippen molar-refractivity contribution in [3.05, 3.63) is 108 Å². The van der Waals surface area contributed by atoms with Gasteiger partial charge in [-0.3, -0.25) is 9.59 Å². The van der Waals surface area contributed by atoms with Gasteiger partial charge in [0.2, 0.25) is 5.91 Å². The molecule has 13 heteroatoms. The van der Waals surface area contributed by atoms with Gasteiger partial charge in [0.1, 0.15) is 38.1 Å². The van der Waals surface area contributed by atoms with Crippen molar-refractivity contribution >= 4 is 30.3 Å². The summed E-state index contributed by atoms with van der Waals surface area (Å²) in [6.07, 6.45) is -2.73. The molecule has 3 aromatic rings. The molecule has 2 N–H and O–H groups in total. The maximum Gasteiger partial charge on any atom is 0.508 e. The first-order valence-electron chi connectivity index (χ1n) is 17.8. The van der Waals surface area contributed by atoms with Gasteiger partial charge in [0.05, 0.1) is 18.6 Å². The summed E-state index contributed by atoms with van der Waals surface area (Å²) in [6, 6.07) is 24.8. The molecule has 0 spiro atoms. The van der Waals surface area contributed by atoms with Gasteiger partial charge in [-0.15, -0.1) is 0 Å². The van der Waals surface area contributed by atoms with E-state index in [9.17, 15) is 24.0 Å². The van der Waals surface area contributed by atoms with E-state index in [1.165, 1.54) is 0 Å². The highest BCUT2D eigenvalue weighted by Gasteiger charge is 2.39. The third kappa shape index (κ3) is 16.4. The van der Waals surface area contributed by atoms with Crippen molar-refractivity contribution < 1.29 is 52.4 Å². The Morgan fingerprint density at radius 1 is 0.593 bits per heavy atom. The first-order chi connectivity index (χ1) is 25.6. The monoisotopic (exact) mass is 748 g/mol. The molecule has 0 saturated carbocycles. The Hall–Kier alpha value is -5.59. The number of carbonyl (C=O) groups is 5. The summed E-state index contributed by atoms with van der Waals surface area (Å²) in [5, 5.41) is 5.41. The Labute approximate surface area is 317 Å². The number of hydrogen-bond acceptors (Lipinski definition) is 11. The van der Waals surface area contributed by atoms with Gasteiger partial charge in [-0.25, -0.2) is 14.4 Å². The molecule has 0 radical (unpaired) electrons. The maximum atomic E-state index is 14.2. The smallest absolute Gasteiger partial charge is 0.461 e. The summed E-state index contributed by atoms with van der Waals surface area (Å²) >= 11 is 0. The van der Waals surface area contributed by atoms with Gasteiger partial charge in [0, 0.05) is 0 Å². The molecule has 0 saturated heterocycles. The zero-order valence-corrected chi connectivity index (χ0v) is 31.8. The molecule has 13 nitrogen and oxygen atoms in total. The van der Waals surface area contributed by atoms with Gasteiger partial charge in [0.25, 0.3) is 0 Å². The standard InChI is InChI=1S/C41H52N2O11/c1-40(2,3)33(28-53-39(48)52-27-31-21-14-9-15-22-31)42-35(44)34(43-37(46)54-41(4,5)6)32(36(45)50-25-29-17-10-7-11-18-29)23-16-24-49-38(47)51-26-30-19-12-8-13-20-30/h7-15,17-22,32-34H,16,23-28H2,1-6H3,(H,42,44)(H,43,46)/t32-,33?,34+/m0/s1. The lowest BCUT2D eigenvalue weighted by atomic mass is 9.86. The van der Waals surface area contributed by atoms with Crippen molar-refractivity contribution in [1.82, 2.24) is 10.6 Å². The number of esters is 1. The fourth-order valence-corrected chi connectivity index (χ4v) is 4.94. The molecule has 3 aromatic carbocycles. The van der Waals surface area contributed by atoms with Gasteiger partial charge in [-0.2, -0.15) is 0 Å². The Kier molecular flexibility index (Phi) is 16.8.